The number of hydrazine groups is 1. The number of aromatic nitrogens is 1. The van der Waals surface area contributed by atoms with Gasteiger partial charge in [-0.3, -0.25) is 0 Å². The van der Waals surface area contributed by atoms with Crippen molar-refractivity contribution in [2.45, 2.75) is 52.4 Å². The smallest absolute Gasteiger partial charge is 0.143 e. The average molecular weight is 283 g/mol. The number of hydrogen-bond donors (Lipinski definition) is 2. The summed E-state index contributed by atoms with van der Waals surface area (Å²) >= 11 is 0. The lowest BCUT2D eigenvalue weighted by atomic mass is 9.84. The van der Waals surface area contributed by atoms with E-state index in [0.717, 1.165) is 23.7 Å². The second-order valence-electron chi connectivity index (χ2n) is 6.50. The first-order chi connectivity index (χ1) is 10.2. The van der Waals surface area contributed by atoms with Gasteiger partial charge in [0.2, 0.25) is 0 Å². The Morgan fingerprint density at radius 1 is 1.14 bits per heavy atom. The van der Waals surface area contributed by atoms with Crippen LogP contribution in [0, 0.1) is 19.8 Å². The summed E-state index contributed by atoms with van der Waals surface area (Å²) < 4.78 is 0. The average Bonchev–Trinajstić information content (AvgIpc) is 2.48. The monoisotopic (exact) mass is 283 g/mol. The number of nitrogen functional groups attached to an aromatic ring is 1. The van der Waals surface area contributed by atoms with Gasteiger partial charge in [0.05, 0.1) is 5.52 Å². The maximum Gasteiger partial charge on any atom is 0.143 e. The zero-order valence-electron chi connectivity index (χ0n) is 13.1. The molecule has 0 aliphatic heterocycles. The van der Waals surface area contributed by atoms with Crippen LogP contribution >= 0.6 is 0 Å². The van der Waals surface area contributed by atoms with E-state index in [1.54, 1.807) is 0 Å². The number of anilines is 1. The number of benzene rings is 1. The molecule has 1 aliphatic carbocycles. The minimum atomic E-state index is 0.788. The summed E-state index contributed by atoms with van der Waals surface area (Å²) in [4.78, 5) is 4.74. The van der Waals surface area contributed by atoms with Gasteiger partial charge >= 0.3 is 0 Å². The third-order valence-electron chi connectivity index (χ3n) is 4.73. The van der Waals surface area contributed by atoms with Gasteiger partial charge in [-0.05, 0) is 55.0 Å². The Morgan fingerprint density at radius 3 is 2.62 bits per heavy atom. The molecule has 112 valence electrons. The number of nitrogens with zero attached hydrogens (tertiary/aromatic N) is 1. The van der Waals surface area contributed by atoms with Crippen molar-refractivity contribution >= 4 is 16.7 Å². The lowest BCUT2D eigenvalue weighted by molar-refractivity contribution is 0.357. The molecule has 0 unspecified atom stereocenters. The molecule has 0 saturated heterocycles. The quantitative estimate of drug-likeness (QED) is 0.653. The molecule has 3 rings (SSSR count). The maximum absolute atomic E-state index is 5.71. The number of nitrogens with two attached hydrogens (primary N) is 1. The predicted octanol–water partition coefficient (Wildman–Crippen LogP) is 4.26. The molecule has 1 aromatic heterocycles. The first kappa shape index (κ1) is 14.3. The summed E-state index contributed by atoms with van der Waals surface area (Å²) in [6, 6.07) is 6.65. The van der Waals surface area contributed by atoms with Gasteiger partial charge in [0, 0.05) is 5.39 Å². The van der Waals surface area contributed by atoms with Gasteiger partial charge in [-0.1, -0.05) is 38.2 Å². The van der Waals surface area contributed by atoms with Gasteiger partial charge in [0.1, 0.15) is 5.82 Å². The van der Waals surface area contributed by atoms with Crippen LogP contribution in [0.4, 0.5) is 5.82 Å². The van der Waals surface area contributed by atoms with E-state index in [9.17, 15) is 0 Å². The highest BCUT2D eigenvalue weighted by Crippen LogP contribution is 2.31. The van der Waals surface area contributed by atoms with Crippen molar-refractivity contribution < 1.29 is 0 Å². The van der Waals surface area contributed by atoms with E-state index in [0.29, 0.717) is 0 Å². The lowest BCUT2D eigenvalue weighted by Crippen LogP contribution is -2.15. The van der Waals surface area contributed by atoms with Crippen LogP contribution in [0.15, 0.2) is 18.2 Å². The third kappa shape index (κ3) is 3.03. The van der Waals surface area contributed by atoms with E-state index in [1.807, 2.05) is 0 Å². The normalized spacial score (nSPS) is 16.3. The van der Waals surface area contributed by atoms with Crippen LogP contribution in [0.1, 0.15) is 48.8 Å². The summed E-state index contributed by atoms with van der Waals surface area (Å²) in [5.41, 5.74) is 7.65. The first-order valence-corrected chi connectivity index (χ1v) is 8.05. The van der Waals surface area contributed by atoms with E-state index in [2.05, 4.69) is 37.5 Å². The molecule has 1 heterocycles. The number of pyridine rings is 1. The molecule has 2 aromatic rings. The highest BCUT2D eigenvalue weighted by atomic mass is 15.2. The topological polar surface area (TPSA) is 50.9 Å². The minimum Gasteiger partial charge on any atom is -0.308 e. The second-order valence-corrected chi connectivity index (χ2v) is 6.50. The van der Waals surface area contributed by atoms with Crippen LogP contribution in [-0.4, -0.2) is 4.98 Å². The fourth-order valence-corrected chi connectivity index (χ4v) is 3.65. The summed E-state index contributed by atoms with van der Waals surface area (Å²) in [6.07, 6.45) is 7.91. The predicted molar refractivity (Wildman–Crippen MR) is 89.3 cm³/mol. The fourth-order valence-electron chi connectivity index (χ4n) is 3.65. The summed E-state index contributed by atoms with van der Waals surface area (Å²) in [6.45, 7) is 4.27. The van der Waals surface area contributed by atoms with Crippen LogP contribution < -0.4 is 11.3 Å². The van der Waals surface area contributed by atoms with Gasteiger partial charge in [-0.2, -0.15) is 0 Å². The van der Waals surface area contributed by atoms with E-state index in [1.165, 1.54) is 54.2 Å². The van der Waals surface area contributed by atoms with Crippen LogP contribution in [0.5, 0.6) is 0 Å². The van der Waals surface area contributed by atoms with Crippen LogP contribution in [-0.2, 0) is 6.42 Å². The van der Waals surface area contributed by atoms with Crippen LogP contribution in [0.2, 0.25) is 0 Å². The maximum atomic E-state index is 5.71. The molecule has 3 heteroatoms. The molecule has 0 spiro atoms. The number of fused-ring (bicyclic) bond motifs is 1. The van der Waals surface area contributed by atoms with E-state index < -0.39 is 0 Å². The van der Waals surface area contributed by atoms with Gasteiger partial charge in [-0.25, -0.2) is 10.8 Å². The summed E-state index contributed by atoms with van der Waals surface area (Å²) in [5.74, 6) is 7.34. The highest BCUT2D eigenvalue weighted by molar-refractivity contribution is 5.85. The van der Waals surface area contributed by atoms with Gasteiger partial charge in [-0.15, -0.1) is 0 Å². The molecule has 1 fully saturated rings. The number of aryl methyl sites for hydroxylation is 2. The van der Waals surface area contributed by atoms with Gasteiger partial charge in [0.25, 0.3) is 0 Å². The van der Waals surface area contributed by atoms with Crippen molar-refractivity contribution in [1.82, 2.24) is 4.98 Å². The fraction of sp³-hybridized carbons (Fsp3) is 0.500. The lowest BCUT2D eigenvalue weighted by Gasteiger charge is -2.22. The molecule has 3 N–H and O–H groups in total. The van der Waals surface area contributed by atoms with Crippen molar-refractivity contribution in [3.8, 4) is 0 Å². The largest absolute Gasteiger partial charge is 0.308 e. The number of hydrogen-bond acceptors (Lipinski definition) is 3. The Labute approximate surface area is 126 Å². The van der Waals surface area contributed by atoms with E-state index in [-0.39, 0.29) is 0 Å². The SMILES string of the molecule is Cc1cc(C)c2cc(CC3CCCCC3)c(NN)nc2c1. The molecule has 3 nitrogen and oxygen atoms in total. The zero-order chi connectivity index (χ0) is 14.8. The molecule has 0 amide bonds. The molecule has 0 radical (unpaired) electrons. The van der Waals surface area contributed by atoms with Gasteiger partial charge < -0.3 is 5.43 Å². The Morgan fingerprint density at radius 2 is 1.90 bits per heavy atom. The van der Waals surface area contributed by atoms with Crippen molar-refractivity contribution in [1.29, 1.82) is 0 Å². The van der Waals surface area contributed by atoms with Crippen molar-refractivity contribution in [2.75, 3.05) is 5.43 Å². The summed E-state index contributed by atoms with van der Waals surface area (Å²) in [7, 11) is 0. The summed E-state index contributed by atoms with van der Waals surface area (Å²) in [5, 5.41) is 1.26. The molecule has 1 aliphatic rings. The van der Waals surface area contributed by atoms with Crippen molar-refractivity contribution in [3.63, 3.8) is 0 Å². The molecule has 1 saturated carbocycles. The van der Waals surface area contributed by atoms with Crippen molar-refractivity contribution in [2.24, 2.45) is 11.8 Å². The Hall–Kier alpha value is -1.61. The minimum absolute atomic E-state index is 0.788. The molecule has 0 atom stereocenters. The third-order valence-corrected chi connectivity index (χ3v) is 4.73. The van der Waals surface area contributed by atoms with Crippen LogP contribution in [0.25, 0.3) is 10.9 Å². The van der Waals surface area contributed by atoms with Crippen molar-refractivity contribution in [3.05, 3.63) is 34.9 Å². The Balaban J connectivity index is 2.00. The molecule has 0 bridgehead atoms. The first-order valence-electron chi connectivity index (χ1n) is 8.05. The standard InChI is InChI=1S/C18H25N3/c1-12-8-13(2)16-11-15(10-14-6-4-3-5-7-14)18(21-19)20-17(16)9-12/h8-9,11,14H,3-7,10,19H2,1-2H3,(H,20,21). The highest BCUT2D eigenvalue weighted by Gasteiger charge is 2.17. The second kappa shape index (κ2) is 6.02. The van der Waals surface area contributed by atoms with Crippen LogP contribution in [0.3, 0.4) is 0 Å². The number of nitrogens with one attached hydrogen (secondary N) is 1. The Kier molecular flexibility index (Phi) is 4.11. The number of rotatable bonds is 3. The Bertz CT molecular complexity index is 642. The zero-order valence-corrected chi connectivity index (χ0v) is 13.1. The molecular weight excluding hydrogens is 258 g/mol. The molecular formula is C18H25N3. The molecule has 21 heavy (non-hydrogen) atoms. The van der Waals surface area contributed by atoms with Gasteiger partial charge in [0.15, 0.2) is 0 Å². The van der Waals surface area contributed by atoms with E-state index >= 15 is 0 Å². The van der Waals surface area contributed by atoms with E-state index in [4.69, 9.17) is 10.8 Å². The molecule has 1 aromatic carbocycles.